The average molecular weight is 343 g/mol. The Bertz CT molecular complexity index is 630. The van der Waals surface area contributed by atoms with E-state index >= 15 is 0 Å². The zero-order valence-electron chi connectivity index (χ0n) is 15.3. The fraction of sp³-hybridized carbons (Fsp3) is 0.579. The van der Waals surface area contributed by atoms with Gasteiger partial charge in [0.25, 0.3) is 0 Å². The molecule has 6 heteroatoms. The Kier molecular flexibility index (Phi) is 5.91. The van der Waals surface area contributed by atoms with E-state index in [1.807, 2.05) is 23.1 Å². The normalized spacial score (nSPS) is 20.6. The lowest BCUT2D eigenvalue weighted by Crippen LogP contribution is -2.47. The molecule has 2 N–H and O–H groups in total. The number of benzene rings is 1. The second-order valence-electron chi connectivity index (χ2n) is 6.66. The highest BCUT2D eigenvalue weighted by Crippen LogP contribution is 2.27. The predicted molar refractivity (Wildman–Crippen MR) is 102 cm³/mol. The van der Waals surface area contributed by atoms with E-state index in [0.717, 1.165) is 31.7 Å². The third-order valence-electron chi connectivity index (χ3n) is 5.23. The summed E-state index contributed by atoms with van der Waals surface area (Å²) in [6.45, 7) is 6.37. The van der Waals surface area contributed by atoms with Crippen molar-refractivity contribution in [3.63, 3.8) is 0 Å². The van der Waals surface area contributed by atoms with Crippen molar-refractivity contribution < 1.29 is 4.79 Å². The first-order chi connectivity index (χ1) is 12.2. The number of carbonyl (C=O) groups excluding carboxylic acids is 1. The molecule has 0 saturated carbocycles. The summed E-state index contributed by atoms with van der Waals surface area (Å²) in [4.78, 5) is 21.2. The Balaban J connectivity index is 1.48. The minimum absolute atomic E-state index is 0.0870. The molecule has 25 heavy (non-hydrogen) atoms. The van der Waals surface area contributed by atoms with Gasteiger partial charge >= 0.3 is 0 Å². The molecule has 2 aliphatic rings. The van der Waals surface area contributed by atoms with Crippen LogP contribution >= 0.6 is 0 Å². The van der Waals surface area contributed by atoms with Gasteiger partial charge < -0.3 is 15.5 Å². The van der Waals surface area contributed by atoms with Gasteiger partial charge in [-0.15, -0.1) is 0 Å². The summed E-state index contributed by atoms with van der Waals surface area (Å²) in [6, 6.07) is 8.69. The number of amides is 1. The van der Waals surface area contributed by atoms with E-state index in [9.17, 15) is 4.79 Å². The van der Waals surface area contributed by atoms with Gasteiger partial charge in [-0.05, 0) is 44.0 Å². The predicted octanol–water partition coefficient (Wildman–Crippen LogP) is 1.23. The third kappa shape index (κ3) is 4.12. The van der Waals surface area contributed by atoms with E-state index in [1.165, 1.54) is 24.9 Å². The number of likely N-dealkylation sites (tertiary alicyclic amines) is 1. The fourth-order valence-corrected chi connectivity index (χ4v) is 3.83. The van der Waals surface area contributed by atoms with E-state index in [0.29, 0.717) is 12.0 Å². The molecule has 2 aliphatic heterocycles. The number of anilines is 1. The second kappa shape index (κ2) is 8.34. The summed E-state index contributed by atoms with van der Waals surface area (Å²) in [5.74, 6) is 0.785. The van der Waals surface area contributed by atoms with Crippen LogP contribution in [0.4, 0.5) is 5.69 Å². The van der Waals surface area contributed by atoms with Gasteiger partial charge in [-0.25, -0.2) is 0 Å². The van der Waals surface area contributed by atoms with Crippen LogP contribution in [0, 0.1) is 0 Å². The van der Waals surface area contributed by atoms with Crippen LogP contribution in [-0.2, 0) is 11.2 Å². The molecular weight excluding hydrogens is 314 g/mol. The number of aliphatic imine (C=N–C) groups is 1. The minimum Gasteiger partial charge on any atom is -0.355 e. The van der Waals surface area contributed by atoms with Crippen LogP contribution in [0.2, 0.25) is 0 Å². The first-order valence-corrected chi connectivity index (χ1v) is 9.29. The van der Waals surface area contributed by atoms with Crippen molar-refractivity contribution in [1.82, 2.24) is 15.5 Å². The maximum absolute atomic E-state index is 12.6. The van der Waals surface area contributed by atoms with Crippen LogP contribution < -0.4 is 15.5 Å². The summed E-state index contributed by atoms with van der Waals surface area (Å²) in [6.07, 6.45) is 3.42. The van der Waals surface area contributed by atoms with Crippen LogP contribution in [0.15, 0.2) is 29.3 Å². The number of fused-ring (bicyclic) bond motifs is 1. The third-order valence-corrected chi connectivity index (χ3v) is 5.23. The van der Waals surface area contributed by atoms with Crippen LogP contribution in [0.3, 0.4) is 0 Å². The molecule has 0 bridgehead atoms. The zero-order valence-corrected chi connectivity index (χ0v) is 15.3. The Morgan fingerprint density at radius 3 is 2.92 bits per heavy atom. The molecule has 136 valence electrons. The molecule has 2 heterocycles. The van der Waals surface area contributed by atoms with Crippen LogP contribution in [0.5, 0.6) is 0 Å². The quantitative estimate of drug-likeness (QED) is 0.624. The maximum Gasteiger partial charge on any atom is 0.246 e. The number of rotatable bonds is 5. The van der Waals surface area contributed by atoms with Gasteiger partial charge in [0, 0.05) is 31.9 Å². The monoisotopic (exact) mass is 343 g/mol. The Morgan fingerprint density at radius 2 is 2.12 bits per heavy atom. The van der Waals surface area contributed by atoms with Gasteiger partial charge in [-0.2, -0.15) is 0 Å². The number of nitrogens with zero attached hydrogens (tertiary/aromatic N) is 3. The van der Waals surface area contributed by atoms with Crippen molar-refractivity contribution in [2.75, 3.05) is 44.7 Å². The molecule has 1 aromatic carbocycles. The van der Waals surface area contributed by atoms with Gasteiger partial charge in [0.15, 0.2) is 5.96 Å². The van der Waals surface area contributed by atoms with Gasteiger partial charge in [0.1, 0.15) is 0 Å². The second-order valence-corrected chi connectivity index (χ2v) is 6.66. The number of likely N-dealkylation sites (N-methyl/N-ethyl adjacent to an activating group) is 1. The van der Waals surface area contributed by atoms with E-state index in [4.69, 9.17) is 0 Å². The summed E-state index contributed by atoms with van der Waals surface area (Å²) >= 11 is 0. The minimum atomic E-state index is 0.0870. The number of nitrogens with one attached hydrogen (secondary N) is 2. The Hall–Kier alpha value is -2.08. The van der Waals surface area contributed by atoms with Crippen molar-refractivity contribution in [3.8, 4) is 0 Å². The summed E-state index contributed by atoms with van der Waals surface area (Å²) in [5.41, 5.74) is 2.29. The first kappa shape index (κ1) is 17.7. The van der Waals surface area contributed by atoms with Crippen molar-refractivity contribution in [1.29, 1.82) is 0 Å². The molecule has 1 atom stereocenters. The van der Waals surface area contributed by atoms with Crippen molar-refractivity contribution in [2.24, 2.45) is 4.99 Å². The molecule has 0 radical (unpaired) electrons. The Labute approximate surface area is 150 Å². The van der Waals surface area contributed by atoms with Crippen molar-refractivity contribution in [3.05, 3.63) is 29.8 Å². The lowest BCUT2D eigenvalue weighted by molar-refractivity contribution is -0.117. The molecule has 6 nitrogen and oxygen atoms in total. The molecule has 3 rings (SSSR count). The molecule has 1 saturated heterocycles. The molecular formula is C19H29N5O. The molecule has 0 spiro atoms. The largest absolute Gasteiger partial charge is 0.355 e. The first-order valence-electron chi connectivity index (χ1n) is 9.29. The molecule has 1 amide bonds. The van der Waals surface area contributed by atoms with Gasteiger partial charge in [-0.3, -0.25) is 14.7 Å². The molecule has 1 aromatic rings. The number of guanidine groups is 1. The van der Waals surface area contributed by atoms with Crippen molar-refractivity contribution >= 4 is 17.6 Å². The number of hydrogen-bond acceptors (Lipinski definition) is 3. The average Bonchev–Trinajstić information content (AvgIpc) is 3.28. The van der Waals surface area contributed by atoms with E-state index < -0.39 is 0 Å². The van der Waals surface area contributed by atoms with Crippen molar-refractivity contribution in [2.45, 2.75) is 32.2 Å². The molecule has 0 aliphatic carbocycles. The zero-order chi connectivity index (χ0) is 17.6. The highest BCUT2D eigenvalue weighted by molar-refractivity contribution is 5.98. The topological polar surface area (TPSA) is 60.0 Å². The lowest BCUT2D eigenvalue weighted by Gasteiger charge is -2.24. The van der Waals surface area contributed by atoms with E-state index in [-0.39, 0.29) is 12.5 Å². The van der Waals surface area contributed by atoms with Gasteiger partial charge in [0.2, 0.25) is 5.91 Å². The van der Waals surface area contributed by atoms with Gasteiger partial charge in [0.05, 0.1) is 6.54 Å². The highest BCUT2D eigenvalue weighted by atomic mass is 16.2. The molecule has 1 fully saturated rings. The van der Waals surface area contributed by atoms with E-state index in [1.54, 1.807) is 7.05 Å². The van der Waals surface area contributed by atoms with Crippen LogP contribution in [0.25, 0.3) is 0 Å². The van der Waals surface area contributed by atoms with E-state index in [2.05, 4.69) is 33.5 Å². The smallest absolute Gasteiger partial charge is 0.246 e. The number of carbonyl (C=O) groups is 1. The van der Waals surface area contributed by atoms with Gasteiger partial charge in [-0.1, -0.05) is 25.1 Å². The Morgan fingerprint density at radius 1 is 1.28 bits per heavy atom. The molecule has 1 unspecified atom stereocenters. The standard InChI is InChI=1S/C19H29N5O/c1-3-23-11-6-8-16(23)13-21-19(20-2)22-14-18(25)24-12-10-15-7-4-5-9-17(15)24/h4-5,7,9,16H,3,6,8,10-14H2,1-2H3,(H2,20,21,22). The highest BCUT2D eigenvalue weighted by Gasteiger charge is 2.25. The number of para-hydroxylation sites is 1. The number of hydrogen-bond donors (Lipinski definition) is 2. The fourth-order valence-electron chi connectivity index (χ4n) is 3.83. The maximum atomic E-state index is 12.6. The molecule has 0 aromatic heterocycles. The van der Waals surface area contributed by atoms with Crippen LogP contribution in [0.1, 0.15) is 25.3 Å². The summed E-state index contributed by atoms with van der Waals surface area (Å²) in [5, 5.41) is 6.53. The van der Waals surface area contributed by atoms with Crippen LogP contribution in [-0.4, -0.2) is 62.6 Å². The SMILES string of the molecule is CCN1CCCC1CNC(=NC)NCC(=O)N1CCc2ccccc21. The lowest BCUT2D eigenvalue weighted by atomic mass is 10.2. The summed E-state index contributed by atoms with van der Waals surface area (Å²) in [7, 11) is 1.75. The summed E-state index contributed by atoms with van der Waals surface area (Å²) < 4.78 is 0.